The van der Waals surface area contributed by atoms with Gasteiger partial charge in [0.25, 0.3) is 5.91 Å². The highest BCUT2D eigenvalue weighted by atomic mass is 127. The van der Waals surface area contributed by atoms with E-state index in [0.717, 1.165) is 9.83 Å². The predicted octanol–water partition coefficient (Wildman–Crippen LogP) is 2.06. The second-order valence-corrected chi connectivity index (χ2v) is 7.84. The number of rotatable bonds is 4. The van der Waals surface area contributed by atoms with Crippen molar-refractivity contribution in [3.8, 4) is 0 Å². The molecule has 0 radical (unpaired) electrons. The van der Waals surface area contributed by atoms with E-state index in [1.165, 1.54) is 4.90 Å². The van der Waals surface area contributed by atoms with Crippen molar-refractivity contribution < 1.29 is 13.2 Å². The van der Waals surface area contributed by atoms with Gasteiger partial charge in [-0.1, -0.05) is 11.6 Å². The maximum absolute atomic E-state index is 12.1. The van der Waals surface area contributed by atoms with Crippen LogP contribution in [-0.2, 0) is 9.84 Å². The van der Waals surface area contributed by atoms with E-state index in [1.54, 1.807) is 25.2 Å². The molecule has 7 heteroatoms. The average Bonchev–Trinajstić information content (AvgIpc) is 2.24. The van der Waals surface area contributed by atoms with Gasteiger partial charge >= 0.3 is 0 Å². The Hall–Kier alpha value is -0.340. The molecule has 1 aromatic carbocycles. The molecule has 0 aliphatic heterocycles. The van der Waals surface area contributed by atoms with Crippen LogP contribution in [0.5, 0.6) is 0 Å². The molecule has 0 fully saturated rings. The van der Waals surface area contributed by atoms with E-state index in [9.17, 15) is 13.2 Å². The summed E-state index contributed by atoms with van der Waals surface area (Å²) in [6.07, 6.45) is 1.15. The second-order valence-electron chi connectivity index (χ2n) is 3.98. The van der Waals surface area contributed by atoms with Gasteiger partial charge in [0.15, 0.2) is 0 Å². The van der Waals surface area contributed by atoms with E-state index in [0.29, 0.717) is 10.6 Å². The Labute approximate surface area is 125 Å². The first kappa shape index (κ1) is 15.7. The summed E-state index contributed by atoms with van der Waals surface area (Å²) >= 11 is 7.84. The first-order chi connectivity index (χ1) is 8.20. The third kappa shape index (κ3) is 4.74. The summed E-state index contributed by atoms with van der Waals surface area (Å²) in [7, 11) is -1.49. The molecule has 100 valence electrons. The fourth-order valence-corrected chi connectivity index (χ4v) is 2.98. The number of amides is 1. The number of hydrogen-bond donors (Lipinski definition) is 0. The monoisotopic (exact) mass is 401 g/mol. The average molecular weight is 402 g/mol. The minimum Gasteiger partial charge on any atom is -0.341 e. The number of hydrogen-bond acceptors (Lipinski definition) is 3. The van der Waals surface area contributed by atoms with Gasteiger partial charge in [0, 0.05) is 28.4 Å². The van der Waals surface area contributed by atoms with Crippen molar-refractivity contribution >= 4 is 49.9 Å². The molecule has 0 aliphatic rings. The van der Waals surface area contributed by atoms with E-state index in [2.05, 4.69) is 0 Å². The zero-order valence-corrected chi connectivity index (χ0v) is 13.7. The van der Waals surface area contributed by atoms with Crippen molar-refractivity contribution in [2.75, 3.05) is 25.6 Å². The first-order valence-electron chi connectivity index (χ1n) is 5.09. The van der Waals surface area contributed by atoms with Gasteiger partial charge in [-0.3, -0.25) is 4.79 Å². The summed E-state index contributed by atoms with van der Waals surface area (Å²) in [6, 6.07) is 4.98. The smallest absolute Gasteiger partial charge is 0.254 e. The molecule has 1 amide bonds. The fraction of sp³-hybridized carbons (Fsp3) is 0.364. The van der Waals surface area contributed by atoms with Crippen molar-refractivity contribution in [3.63, 3.8) is 0 Å². The zero-order chi connectivity index (χ0) is 13.9. The van der Waals surface area contributed by atoms with Gasteiger partial charge < -0.3 is 4.90 Å². The zero-order valence-electron chi connectivity index (χ0n) is 9.98. The van der Waals surface area contributed by atoms with Crippen molar-refractivity contribution in [1.29, 1.82) is 0 Å². The molecule has 4 nitrogen and oxygen atoms in total. The van der Waals surface area contributed by atoms with Crippen LogP contribution >= 0.6 is 34.2 Å². The third-order valence-corrected chi connectivity index (χ3v) is 4.36. The SMILES string of the molecule is CN(CCS(C)(=O)=O)C(=O)c1ccc(Cl)cc1I. The lowest BCUT2D eigenvalue weighted by atomic mass is 10.2. The Morgan fingerprint density at radius 1 is 1.44 bits per heavy atom. The van der Waals surface area contributed by atoms with Gasteiger partial charge in [-0.05, 0) is 40.8 Å². The highest BCUT2D eigenvalue weighted by Crippen LogP contribution is 2.19. The summed E-state index contributed by atoms with van der Waals surface area (Å²) in [6.45, 7) is 0.177. The van der Waals surface area contributed by atoms with Crippen LogP contribution in [0.2, 0.25) is 5.02 Å². The lowest BCUT2D eigenvalue weighted by molar-refractivity contribution is 0.0802. The molecule has 0 aliphatic carbocycles. The Balaban J connectivity index is 2.80. The first-order valence-corrected chi connectivity index (χ1v) is 8.60. The Bertz CT molecular complexity index is 559. The van der Waals surface area contributed by atoms with Crippen LogP contribution in [0.1, 0.15) is 10.4 Å². The quantitative estimate of drug-likeness (QED) is 0.726. The van der Waals surface area contributed by atoms with Crippen molar-refractivity contribution in [2.24, 2.45) is 0 Å². The fourth-order valence-electron chi connectivity index (χ4n) is 1.27. The van der Waals surface area contributed by atoms with Crippen molar-refractivity contribution in [2.45, 2.75) is 0 Å². The van der Waals surface area contributed by atoms with E-state index in [-0.39, 0.29) is 18.2 Å². The maximum Gasteiger partial charge on any atom is 0.254 e. The molecule has 0 bridgehead atoms. The number of nitrogens with zero attached hydrogens (tertiary/aromatic N) is 1. The second kappa shape index (κ2) is 6.21. The third-order valence-electron chi connectivity index (χ3n) is 2.31. The van der Waals surface area contributed by atoms with Gasteiger partial charge in [0.2, 0.25) is 0 Å². The minimum atomic E-state index is -3.07. The van der Waals surface area contributed by atoms with E-state index in [1.807, 2.05) is 22.6 Å². The predicted molar refractivity (Wildman–Crippen MR) is 80.8 cm³/mol. The maximum atomic E-state index is 12.1. The molecule has 0 aromatic heterocycles. The van der Waals surface area contributed by atoms with Gasteiger partial charge in [-0.15, -0.1) is 0 Å². The summed E-state index contributed by atoms with van der Waals surface area (Å²) < 4.78 is 22.8. The van der Waals surface area contributed by atoms with Crippen LogP contribution in [0.25, 0.3) is 0 Å². The van der Waals surface area contributed by atoms with Gasteiger partial charge in [0.05, 0.1) is 11.3 Å². The molecule has 0 spiro atoms. The summed E-state index contributed by atoms with van der Waals surface area (Å²) in [5, 5.41) is 0.565. The molecular formula is C11H13ClINO3S. The molecule has 0 atom stereocenters. The Kier molecular flexibility index (Phi) is 5.42. The molecule has 0 unspecified atom stereocenters. The number of benzene rings is 1. The molecule has 0 heterocycles. The normalized spacial score (nSPS) is 11.3. The van der Waals surface area contributed by atoms with Gasteiger partial charge in [0.1, 0.15) is 9.84 Å². The highest BCUT2D eigenvalue weighted by molar-refractivity contribution is 14.1. The van der Waals surface area contributed by atoms with Crippen LogP contribution in [0, 0.1) is 3.57 Å². The van der Waals surface area contributed by atoms with E-state index >= 15 is 0 Å². The minimum absolute atomic E-state index is 0.0423. The van der Waals surface area contributed by atoms with Crippen LogP contribution < -0.4 is 0 Å². The van der Waals surface area contributed by atoms with E-state index < -0.39 is 9.84 Å². The summed E-state index contributed by atoms with van der Waals surface area (Å²) in [5.74, 6) is -0.251. The summed E-state index contributed by atoms with van der Waals surface area (Å²) in [5.41, 5.74) is 0.524. The molecule has 0 saturated heterocycles. The Morgan fingerprint density at radius 3 is 2.56 bits per heavy atom. The van der Waals surface area contributed by atoms with Gasteiger partial charge in [-0.25, -0.2) is 8.42 Å². The van der Waals surface area contributed by atoms with Crippen LogP contribution in [-0.4, -0.2) is 44.8 Å². The number of sulfone groups is 1. The van der Waals surface area contributed by atoms with Crippen molar-refractivity contribution in [3.05, 3.63) is 32.4 Å². The molecule has 1 rings (SSSR count). The number of carbonyl (C=O) groups excluding carboxylic acids is 1. The number of carbonyl (C=O) groups is 1. The van der Waals surface area contributed by atoms with Gasteiger partial charge in [-0.2, -0.15) is 0 Å². The largest absolute Gasteiger partial charge is 0.341 e. The topological polar surface area (TPSA) is 54.5 Å². The molecular weight excluding hydrogens is 389 g/mol. The van der Waals surface area contributed by atoms with Crippen LogP contribution in [0.3, 0.4) is 0 Å². The molecule has 18 heavy (non-hydrogen) atoms. The van der Waals surface area contributed by atoms with E-state index in [4.69, 9.17) is 11.6 Å². The molecule has 0 N–H and O–H groups in total. The van der Waals surface area contributed by atoms with Crippen LogP contribution in [0.4, 0.5) is 0 Å². The van der Waals surface area contributed by atoms with Crippen molar-refractivity contribution in [1.82, 2.24) is 4.90 Å². The van der Waals surface area contributed by atoms with Crippen LogP contribution in [0.15, 0.2) is 18.2 Å². The Morgan fingerprint density at radius 2 is 2.06 bits per heavy atom. The standard InChI is InChI=1S/C11H13ClINO3S/c1-14(5-6-18(2,16)17)11(15)9-4-3-8(12)7-10(9)13/h3-4,7H,5-6H2,1-2H3. The lowest BCUT2D eigenvalue weighted by Gasteiger charge is -2.17. The highest BCUT2D eigenvalue weighted by Gasteiger charge is 2.16. The lowest BCUT2D eigenvalue weighted by Crippen LogP contribution is -2.31. The summed E-state index contributed by atoms with van der Waals surface area (Å²) in [4.78, 5) is 13.5. The molecule has 0 saturated carbocycles. The number of halogens is 2. The molecule has 1 aromatic rings.